The third kappa shape index (κ3) is 2.97. The van der Waals surface area contributed by atoms with Gasteiger partial charge in [0.25, 0.3) is 0 Å². The molecular weight excluding hydrogens is 344 g/mol. The predicted molar refractivity (Wildman–Crippen MR) is 92.3 cm³/mol. The van der Waals surface area contributed by atoms with Crippen LogP contribution >= 0.6 is 15.9 Å². The van der Waals surface area contributed by atoms with Crippen LogP contribution in [0.1, 0.15) is 11.3 Å². The first-order chi connectivity index (χ1) is 10.7. The van der Waals surface area contributed by atoms with Crippen LogP contribution in [0.15, 0.2) is 63.8 Å². The predicted octanol–water partition coefficient (Wildman–Crippen LogP) is 4.69. The molecule has 0 unspecified atom stereocenters. The zero-order valence-corrected chi connectivity index (χ0v) is 13.5. The molecule has 0 radical (unpaired) electrons. The number of methoxy groups -OCH3 is 1. The molecule has 2 aromatic carbocycles. The molecule has 4 heteroatoms. The third-order valence-corrected chi connectivity index (χ3v) is 3.90. The highest BCUT2D eigenvalue weighted by molar-refractivity contribution is 9.15. The summed E-state index contributed by atoms with van der Waals surface area (Å²) in [6, 6.07) is 16.3. The molecule has 0 saturated carbocycles. The molecule has 0 saturated heterocycles. The van der Waals surface area contributed by atoms with Crippen LogP contribution in [-0.4, -0.2) is 7.11 Å². The Bertz CT molecular complexity index is 892. The molecule has 0 atom stereocenters. The summed E-state index contributed by atoms with van der Waals surface area (Å²) in [7, 11) is 1.63. The van der Waals surface area contributed by atoms with E-state index < -0.39 is 0 Å². The largest absolute Gasteiger partial charge is 0.497 e. The van der Waals surface area contributed by atoms with Gasteiger partial charge in [0.05, 0.1) is 17.0 Å². The Balaban J connectivity index is 2.02. The lowest BCUT2D eigenvalue weighted by Gasteiger charge is -2.03. The van der Waals surface area contributed by atoms with Crippen LogP contribution in [0, 0.1) is 0 Å². The zero-order valence-electron chi connectivity index (χ0n) is 11.9. The van der Waals surface area contributed by atoms with E-state index in [0.29, 0.717) is 21.2 Å². The Labute approximate surface area is 136 Å². The van der Waals surface area contributed by atoms with Gasteiger partial charge in [0, 0.05) is 6.07 Å². The fourth-order valence-corrected chi connectivity index (χ4v) is 2.60. The van der Waals surface area contributed by atoms with E-state index in [1.807, 2.05) is 42.5 Å². The van der Waals surface area contributed by atoms with Crippen LogP contribution in [0.4, 0.5) is 0 Å². The van der Waals surface area contributed by atoms with Gasteiger partial charge in [0.2, 0.25) is 0 Å². The Morgan fingerprint density at radius 1 is 1.14 bits per heavy atom. The molecule has 3 aromatic rings. The second kappa shape index (κ2) is 6.20. The minimum Gasteiger partial charge on any atom is -0.497 e. The molecule has 0 amide bonds. The first-order valence-electron chi connectivity index (χ1n) is 6.72. The first kappa shape index (κ1) is 14.6. The van der Waals surface area contributed by atoms with Gasteiger partial charge in [-0.3, -0.25) is 4.79 Å². The Hall–Kier alpha value is -2.33. The second-order valence-electron chi connectivity index (χ2n) is 4.74. The average Bonchev–Trinajstić information content (AvgIpc) is 2.55. The number of benzene rings is 2. The number of fused-ring (bicyclic) bond motifs is 1. The molecule has 0 bridgehead atoms. The van der Waals surface area contributed by atoms with E-state index in [0.717, 1.165) is 11.3 Å². The number of halogens is 1. The monoisotopic (exact) mass is 356 g/mol. The highest BCUT2D eigenvalue weighted by atomic mass is 79.9. The maximum Gasteiger partial charge on any atom is 0.193 e. The highest BCUT2D eigenvalue weighted by Gasteiger charge is 2.07. The van der Waals surface area contributed by atoms with Crippen LogP contribution in [0.5, 0.6) is 5.75 Å². The van der Waals surface area contributed by atoms with Crippen molar-refractivity contribution in [3.63, 3.8) is 0 Å². The lowest BCUT2D eigenvalue weighted by molar-refractivity contribution is 0.415. The van der Waals surface area contributed by atoms with Crippen molar-refractivity contribution >= 4 is 37.5 Å². The van der Waals surface area contributed by atoms with Crippen LogP contribution in [0.25, 0.3) is 21.5 Å². The van der Waals surface area contributed by atoms with Gasteiger partial charge in [-0.1, -0.05) is 24.3 Å². The second-order valence-corrected chi connectivity index (χ2v) is 5.59. The summed E-state index contributed by atoms with van der Waals surface area (Å²) in [5, 5.41) is 0.580. The molecule has 1 heterocycles. The summed E-state index contributed by atoms with van der Waals surface area (Å²) in [6.07, 6.45) is 1.90. The van der Waals surface area contributed by atoms with Gasteiger partial charge in [0.1, 0.15) is 17.1 Å². The molecule has 3 rings (SSSR count). The van der Waals surface area contributed by atoms with Crippen molar-refractivity contribution in [2.75, 3.05) is 7.11 Å². The van der Waals surface area contributed by atoms with Gasteiger partial charge in [-0.05, 0) is 51.8 Å². The Kier molecular flexibility index (Phi) is 4.11. The fourth-order valence-electron chi connectivity index (χ4n) is 2.14. The van der Waals surface area contributed by atoms with Crippen molar-refractivity contribution in [3.8, 4) is 5.75 Å². The minimum absolute atomic E-state index is 0.0584. The van der Waals surface area contributed by atoms with Gasteiger partial charge >= 0.3 is 0 Å². The van der Waals surface area contributed by atoms with Crippen LogP contribution < -0.4 is 10.2 Å². The zero-order chi connectivity index (χ0) is 15.5. The van der Waals surface area contributed by atoms with Crippen LogP contribution in [0.3, 0.4) is 0 Å². The highest BCUT2D eigenvalue weighted by Crippen LogP contribution is 2.26. The number of para-hydroxylation sites is 1. The maximum absolute atomic E-state index is 12.1. The number of hydrogen-bond donors (Lipinski definition) is 0. The van der Waals surface area contributed by atoms with Crippen LogP contribution in [-0.2, 0) is 0 Å². The van der Waals surface area contributed by atoms with E-state index in [4.69, 9.17) is 9.15 Å². The lowest BCUT2D eigenvalue weighted by Crippen LogP contribution is -2.00. The minimum atomic E-state index is -0.0584. The Morgan fingerprint density at radius 2 is 1.86 bits per heavy atom. The topological polar surface area (TPSA) is 39.4 Å². The van der Waals surface area contributed by atoms with Crippen molar-refractivity contribution in [1.82, 2.24) is 0 Å². The average molecular weight is 357 g/mol. The van der Waals surface area contributed by atoms with Crippen molar-refractivity contribution in [2.24, 2.45) is 0 Å². The summed E-state index contributed by atoms with van der Waals surface area (Å²) in [6.45, 7) is 0. The number of ether oxygens (including phenoxy) is 1. The summed E-state index contributed by atoms with van der Waals surface area (Å²) in [4.78, 5) is 12.1. The summed E-state index contributed by atoms with van der Waals surface area (Å²) < 4.78 is 11.6. The number of rotatable bonds is 3. The summed E-state index contributed by atoms with van der Waals surface area (Å²) >= 11 is 3.48. The van der Waals surface area contributed by atoms with Gasteiger partial charge in [-0.15, -0.1) is 0 Å². The number of hydrogen-bond acceptors (Lipinski definition) is 3. The van der Waals surface area contributed by atoms with E-state index >= 15 is 0 Å². The molecule has 110 valence electrons. The molecule has 0 aliphatic carbocycles. The molecular formula is C18H13BrO3. The molecule has 3 nitrogen and oxygen atoms in total. The van der Waals surface area contributed by atoms with Gasteiger partial charge in [0.15, 0.2) is 5.43 Å². The van der Waals surface area contributed by atoms with Gasteiger partial charge in [-0.2, -0.15) is 0 Å². The third-order valence-electron chi connectivity index (χ3n) is 3.28. The normalized spacial score (nSPS) is 11.6. The van der Waals surface area contributed by atoms with E-state index in [1.54, 1.807) is 19.2 Å². The quantitative estimate of drug-likeness (QED) is 0.682. The van der Waals surface area contributed by atoms with E-state index in [2.05, 4.69) is 15.9 Å². The lowest BCUT2D eigenvalue weighted by atomic mass is 10.2. The smallest absolute Gasteiger partial charge is 0.193 e. The first-order valence-corrected chi connectivity index (χ1v) is 7.51. The van der Waals surface area contributed by atoms with Crippen molar-refractivity contribution in [1.29, 1.82) is 0 Å². The van der Waals surface area contributed by atoms with E-state index in [9.17, 15) is 4.79 Å². The van der Waals surface area contributed by atoms with Crippen LogP contribution in [0.2, 0.25) is 0 Å². The van der Waals surface area contributed by atoms with Gasteiger partial charge < -0.3 is 9.15 Å². The molecule has 0 aliphatic heterocycles. The molecule has 0 spiro atoms. The van der Waals surface area contributed by atoms with Gasteiger partial charge in [-0.25, -0.2) is 0 Å². The summed E-state index contributed by atoms with van der Waals surface area (Å²) in [5.41, 5.74) is 1.49. The van der Waals surface area contributed by atoms with Crippen molar-refractivity contribution in [3.05, 3.63) is 76.1 Å². The molecule has 1 aromatic heterocycles. The fraction of sp³-hybridized carbons (Fsp3) is 0.0556. The molecule has 0 N–H and O–H groups in total. The SMILES string of the molecule is COc1ccc(/C=C(\Br)c2cc(=O)c3ccccc3o2)cc1. The van der Waals surface area contributed by atoms with Crippen molar-refractivity contribution in [2.45, 2.75) is 0 Å². The maximum atomic E-state index is 12.1. The molecule has 0 fully saturated rings. The van der Waals surface area contributed by atoms with E-state index in [-0.39, 0.29) is 5.43 Å². The standard InChI is InChI=1S/C18H13BrO3/c1-21-13-8-6-12(7-9-13)10-15(19)18-11-16(20)14-4-2-3-5-17(14)22-18/h2-11H,1H3/b15-10-. The molecule has 22 heavy (non-hydrogen) atoms. The Morgan fingerprint density at radius 3 is 2.59 bits per heavy atom. The van der Waals surface area contributed by atoms with Crippen molar-refractivity contribution < 1.29 is 9.15 Å². The van der Waals surface area contributed by atoms with E-state index in [1.165, 1.54) is 6.07 Å². The molecule has 0 aliphatic rings. The summed E-state index contributed by atoms with van der Waals surface area (Å²) in [5.74, 6) is 1.30.